The molecule has 0 fully saturated rings. The highest BCUT2D eigenvalue weighted by atomic mass is 16.5. The molecule has 0 aromatic carbocycles. The van der Waals surface area contributed by atoms with Gasteiger partial charge in [0.25, 0.3) is 0 Å². The molecule has 0 atom stereocenters. The Hall–Kier alpha value is -0.160. The molecule has 4 nitrogen and oxygen atoms in total. The molecule has 0 saturated heterocycles. The second-order valence-corrected chi connectivity index (χ2v) is 4.51. The van der Waals surface area contributed by atoms with Gasteiger partial charge in [0.15, 0.2) is 0 Å². The van der Waals surface area contributed by atoms with Crippen LogP contribution in [-0.4, -0.2) is 77.0 Å². The molecule has 0 aliphatic heterocycles. The van der Waals surface area contributed by atoms with E-state index in [-0.39, 0.29) is 0 Å². The van der Waals surface area contributed by atoms with E-state index in [0.717, 1.165) is 58.8 Å². The highest BCUT2D eigenvalue weighted by molar-refractivity contribution is 4.55. The molecule has 0 N–H and O–H groups in total. The Morgan fingerprint density at radius 1 is 0.824 bits per heavy atom. The maximum atomic E-state index is 5.52. The summed E-state index contributed by atoms with van der Waals surface area (Å²) in [4.78, 5) is 4.70. The summed E-state index contributed by atoms with van der Waals surface area (Å²) in [5.74, 6) is 0. The maximum Gasteiger partial charge on any atom is 0.0487 e. The molecule has 0 aromatic rings. The van der Waals surface area contributed by atoms with Gasteiger partial charge in [0, 0.05) is 46.6 Å². The van der Waals surface area contributed by atoms with Crippen LogP contribution in [0.5, 0.6) is 0 Å². The first kappa shape index (κ1) is 16.8. The predicted octanol–water partition coefficient (Wildman–Crippen LogP) is 1.31. The Kier molecular flexibility index (Phi) is 12.2. The first-order valence-corrected chi connectivity index (χ1v) is 6.64. The largest absolute Gasteiger partial charge is 0.385 e. The van der Waals surface area contributed by atoms with Crippen LogP contribution in [0.25, 0.3) is 0 Å². The van der Waals surface area contributed by atoms with E-state index in [2.05, 4.69) is 30.8 Å². The van der Waals surface area contributed by atoms with E-state index >= 15 is 0 Å². The van der Waals surface area contributed by atoms with Crippen LogP contribution in [-0.2, 0) is 9.47 Å². The molecule has 17 heavy (non-hydrogen) atoms. The van der Waals surface area contributed by atoms with E-state index in [1.54, 1.807) is 7.11 Å². The van der Waals surface area contributed by atoms with Gasteiger partial charge in [-0.05, 0) is 33.5 Å². The van der Waals surface area contributed by atoms with E-state index in [1.807, 2.05) is 0 Å². The molecule has 0 aromatic heterocycles. The number of ether oxygens (including phenoxy) is 2. The fraction of sp³-hybridized carbons (Fsp3) is 1.00. The standard InChI is InChI=1S/C13H30N2O2/c1-5-14(2)9-10-15(3)8-6-12-17-13-7-11-16-4/h5-13H2,1-4H3. The average Bonchev–Trinajstić information content (AvgIpc) is 2.34. The molecule has 0 aliphatic rings. The van der Waals surface area contributed by atoms with Gasteiger partial charge in [0.05, 0.1) is 0 Å². The van der Waals surface area contributed by atoms with E-state index < -0.39 is 0 Å². The van der Waals surface area contributed by atoms with Gasteiger partial charge >= 0.3 is 0 Å². The Bertz CT molecular complexity index is 156. The monoisotopic (exact) mass is 246 g/mol. The number of hydrogen-bond donors (Lipinski definition) is 0. The van der Waals surface area contributed by atoms with Crippen molar-refractivity contribution in [1.82, 2.24) is 9.80 Å². The van der Waals surface area contributed by atoms with Gasteiger partial charge < -0.3 is 19.3 Å². The zero-order valence-corrected chi connectivity index (χ0v) is 12.1. The molecule has 0 saturated carbocycles. The van der Waals surface area contributed by atoms with E-state index in [4.69, 9.17) is 9.47 Å². The van der Waals surface area contributed by atoms with Crippen molar-refractivity contribution in [2.24, 2.45) is 0 Å². The summed E-state index contributed by atoms with van der Waals surface area (Å²) in [7, 11) is 6.06. The fourth-order valence-electron chi connectivity index (χ4n) is 1.46. The van der Waals surface area contributed by atoms with Crippen molar-refractivity contribution in [3.63, 3.8) is 0 Å². The lowest BCUT2D eigenvalue weighted by Crippen LogP contribution is -2.31. The highest BCUT2D eigenvalue weighted by Crippen LogP contribution is 1.92. The summed E-state index contributed by atoms with van der Waals surface area (Å²) >= 11 is 0. The van der Waals surface area contributed by atoms with Crippen LogP contribution in [0.3, 0.4) is 0 Å². The first-order valence-electron chi connectivity index (χ1n) is 6.64. The van der Waals surface area contributed by atoms with Gasteiger partial charge in [-0.2, -0.15) is 0 Å². The highest BCUT2D eigenvalue weighted by Gasteiger charge is 2.00. The molecule has 0 radical (unpaired) electrons. The zero-order valence-electron chi connectivity index (χ0n) is 12.1. The number of nitrogens with zero attached hydrogens (tertiary/aromatic N) is 2. The van der Waals surface area contributed by atoms with Crippen molar-refractivity contribution < 1.29 is 9.47 Å². The summed E-state index contributed by atoms with van der Waals surface area (Å²) in [5.41, 5.74) is 0. The third kappa shape index (κ3) is 12.1. The van der Waals surface area contributed by atoms with Crippen LogP contribution in [0.15, 0.2) is 0 Å². The van der Waals surface area contributed by atoms with E-state index in [9.17, 15) is 0 Å². The Labute approximate surface area is 107 Å². The summed E-state index contributed by atoms with van der Waals surface area (Å²) in [6, 6.07) is 0. The van der Waals surface area contributed by atoms with Crippen molar-refractivity contribution in [2.45, 2.75) is 19.8 Å². The normalized spacial score (nSPS) is 11.6. The van der Waals surface area contributed by atoms with Crippen molar-refractivity contribution in [3.05, 3.63) is 0 Å². The van der Waals surface area contributed by atoms with Crippen molar-refractivity contribution >= 4 is 0 Å². The Balaban J connectivity index is 3.19. The Morgan fingerprint density at radius 3 is 2.12 bits per heavy atom. The maximum absolute atomic E-state index is 5.52. The van der Waals surface area contributed by atoms with E-state index in [1.165, 1.54) is 0 Å². The summed E-state index contributed by atoms with van der Waals surface area (Å²) in [6.45, 7) is 9.17. The van der Waals surface area contributed by atoms with Crippen LogP contribution in [0, 0.1) is 0 Å². The lowest BCUT2D eigenvalue weighted by Gasteiger charge is -2.20. The molecule has 4 heteroatoms. The van der Waals surface area contributed by atoms with Crippen molar-refractivity contribution in [1.29, 1.82) is 0 Å². The van der Waals surface area contributed by atoms with Crippen LogP contribution in [0.4, 0.5) is 0 Å². The summed E-state index contributed by atoms with van der Waals surface area (Å²) in [6.07, 6.45) is 2.10. The second-order valence-electron chi connectivity index (χ2n) is 4.51. The third-order valence-electron chi connectivity index (χ3n) is 2.87. The quantitative estimate of drug-likeness (QED) is 0.485. The zero-order chi connectivity index (χ0) is 12.9. The summed E-state index contributed by atoms with van der Waals surface area (Å²) in [5, 5.41) is 0. The van der Waals surface area contributed by atoms with Gasteiger partial charge in [-0.15, -0.1) is 0 Å². The number of likely N-dealkylation sites (N-methyl/N-ethyl adjacent to an activating group) is 2. The molecule has 0 aliphatic carbocycles. The van der Waals surface area contributed by atoms with Gasteiger partial charge in [0.1, 0.15) is 0 Å². The van der Waals surface area contributed by atoms with Crippen molar-refractivity contribution in [2.75, 3.05) is 67.2 Å². The summed E-state index contributed by atoms with van der Waals surface area (Å²) < 4.78 is 10.5. The van der Waals surface area contributed by atoms with Crippen LogP contribution in [0.2, 0.25) is 0 Å². The molecule has 0 bridgehead atoms. The SMILES string of the molecule is CCN(C)CCN(C)CCCOCCCOC. The molecule has 0 heterocycles. The van der Waals surface area contributed by atoms with Crippen molar-refractivity contribution in [3.8, 4) is 0 Å². The molecular weight excluding hydrogens is 216 g/mol. The van der Waals surface area contributed by atoms with Gasteiger partial charge in [-0.25, -0.2) is 0 Å². The topological polar surface area (TPSA) is 24.9 Å². The van der Waals surface area contributed by atoms with Crippen LogP contribution < -0.4 is 0 Å². The minimum Gasteiger partial charge on any atom is -0.385 e. The number of hydrogen-bond acceptors (Lipinski definition) is 4. The van der Waals surface area contributed by atoms with Gasteiger partial charge in [-0.1, -0.05) is 6.92 Å². The number of methoxy groups -OCH3 is 1. The van der Waals surface area contributed by atoms with E-state index in [0.29, 0.717) is 0 Å². The lowest BCUT2D eigenvalue weighted by molar-refractivity contribution is 0.0961. The van der Waals surface area contributed by atoms with Gasteiger partial charge in [0.2, 0.25) is 0 Å². The van der Waals surface area contributed by atoms with Crippen LogP contribution >= 0.6 is 0 Å². The minimum absolute atomic E-state index is 0.795. The van der Waals surface area contributed by atoms with Crippen LogP contribution in [0.1, 0.15) is 19.8 Å². The molecule has 0 rings (SSSR count). The molecule has 104 valence electrons. The fourth-order valence-corrected chi connectivity index (χ4v) is 1.46. The number of rotatable bonds is 12. The third-order valence-corrected chi connectivity index (χ3v) is 2.87. The predicted molar refractivity (Wildman–Crippen MR) is 72.6 cm³/mol. The smallest absolute Gasteiger partial charge is 0.0487 e. The average molecular weight is 246 g/mol. The molecule has 0 amide bonds. The first-order chi connectivity index (χ1) is 8.20. The van der Waals surface area contributed by atoms with Gasteiger partial charge in [-0.3, -0.25) is 0 Å². The minimum atomic E-state index is 0.795. The lowest BCUT2D eigenvalue weighted by atomic mass is 10.4. The molecular formula is C13H30N2O2. The second kappa shape index (κ2) is 12.3. The molecule has 0 spiro atoms. The molecule has 0 unspecified atom stereocenters. The Morgan fingerprint density at radius 2 is 1.47 bits per heavy atom.